The number of nitrogens with zero attached hydrogens (tertiary/aromatic N) is 1. The molecule has 0 radical (unpaired) electrons. The molecule has 1 N–H and O–H groups in total. The molecule has 0 saturated heterocycles. The number of carbonyl (C=O) groups excluding carboxylic acids is 1. The molecular weight excluding hydrogens is 218 g/mol. The summed E-state index contributed by atoms with van der Waals surface area (Å²) < 4.78 is 5.21. The van der Waals surface area contributed by atoms with Crippen molar-refractivity contribution in [1.82, 2.24) is 4.98 Å². The van der Waals surface area contributed by atoms with Gasteiger partial charge < -0.3 is 9.52 Å². The minimum absolute atomic E-state index is 0.00934. The first-order chi connectivity index (χ1) is 7.24. The molecule has 0 unspecified atom stereocenters. The maximum Gasteiger partial charge on any atom is 0.265 e. The minimum atomic E-state index is -0.349. The van der Waals surface area contributed by atoms with Gasteiger partial charge in [0.1, 0.15) is 5.52 Å². The van der Waals surface area contributed by atoms with E-state index in [1.54, 1.807) is 18.2 Å². The van der Waals surface area contributed by atoms with Gasteiger partial charge in [0.05, 0.1) is 12.5 Å². The smallest absolute Gasteiger partial charge is 0.265 e. The van der Waals surface area contributed by atoms with Gasteiger partial charge in [0.25, 0.3) is 5.89 Å². The largest absolute Gasteiger partial charge is 0.434 e. The normalized spacial score (nSPS) is 10.8. The summed E-state index contributed by atoms with van der Waals surface area (Å²) >= 11 is 5.38. The first-order valence-electron chi connectivity index (χ1n) is 4.34. The van der Waals surface area contributed by atoms with Gasteiger partial charge in [-0.25, -0.2) is 4.98 Å². The van der Waals surface area contributed by atoms with Crippen LogP contribution in [0.25, 0.3) is 11.1 Å². The zero-order valence-corrected chi connectivity index (χ0v) is 8.49. The van der Waals surface area contributed by atoms with Crippen LogP contribution in [-0.4, -0.2) is 21.8 Å². The van der Waals surface area contributed by atoms with Crippen LogP contribution in [0.3, 0.4) is 0 Å². The number of carbonyl (C=O) groups is 1. The van der Waals surface area contributed by atoms with Gasteiger partial charge in [-0.15, -0.1) is 11.6 Å². The predicted molar refractivity (Wildman–Crippen MR) is 55.0 cm³/mol. The number of ketones is 1. The summed E-state index contributed by atoms with van der Waals surface area (Å²) in [5, 5.41) is 8.91. The van der Waals surface area contributed by atoms with Gasteiger partial charge in [0.15, 0.2) is 5.58 Å². The van der Waals surface area contributed by atoms with Gasteiger partial charge in [-0.05, 0) is 17.7 Å². The molecular formula is C10H8ClNO3. The quantitative estimate of drug-likeness (QED) is 0.639. The summed E-state index contributed by atoms with van der Waals surface area (Å²) in [6.45, 7) is -0.0740. The summed E-state index contributed by atoms with van der Waals surface area (Å²) in [4.78, 5) is 15.2. The third-order valence-electron chi connectivity index (χ3n) is 2.00. The molecule has 0 aliphatic carbocycles. The number of aliphatic hydroxyl groups excluding tert-OH is 1. The number of fused-ring (bicyclic) bond motifs is 1. The average molecular weight is 226 g/mol. The Morgan fingerprint density at radius 2 is 2.33 bits per heavy atom. The lowest BCUT2D eigenvalue weighted by Gasteiger charge is -1.92. The summed E-state index contributed by atoms with van der Waals surface area (Å²) in [7, 11) is 0. The molecule has 0 fully saturated rings. The molecule has 0 bridgehead atoms. The number of aromatic nitrogens is 1. The second-order valence-corrected chi connectivity index (χ2v) is 3.30. The molecule has 0 aliphatic heterocycles. The van der Waals surface area contributed by atoms with E-state index in [2.05, 4.69) is 4.98 Å². The molecule has 5 heteroatoms. The number of benzene rings is 1. The number of oxazole rings is 1. The first kappa shape index (κ1) is 10.1. The van der Waals surface area contributed by atoms with Crippen molar-refractivity contribution in [2.45, 2.75) is 6.61 Å². The topological polar surface area (TPSA) is 63.3 Å². The molecule has 0 atom stereocenters. The minimum Gasteiger partial charge on any atom is -0.434 e. The average Bonchev–Trinajstić information content (AvgIpc) is 2.70. The zero-order chi connectivity index (χ0) is 10.8. The van der Waals surface area contributed by atoms with Crippen molar-refractivity contribution in [2.24, 2.45) is 0 Å². The van der Waals surface area contributed by atoms with Crippen molar-refractivity contribution in [2.75, 3.05) is 5.88 Å². The van der Waals surface area contributed by atoms with Crippen LogP contribution in [0.15, 0.2) is 22.6 Å². The van der Waals surface area contributed by atoms with Crippen molar-refractivity contribution >= 4 is 28.5 Å². The lowest BCUT2D eigenvalue weighted by atomic mass is 10.2. The summed E-state index contributed by atoms with van der Waals surface area (Å²) in [5.74, 6) is -0.492. The predicted octanol–water partition coefficient (Wildman–Crippen LogP) is 1.74. The molecule has 2 aromatic rings. The van der Waals surface area contributed by atoms with Gasteiger partial charge >= 0.3 is 0 Å². The van der Waals surface area contributed by atoms with E-state index in [0.717, 1.165) is 0 Å². The maximum absolute atomic E-state index is 11.2. The van der Waals surface area contributed by atoms with E-state index in [1.807, 2.05) is 0 Å². The third kappa shape index (κ3) is 1.86. The van der Waals surface area contributed by atoms with E-state index in [4.69, 9.17) is 21.1 Å². The lowest BCUT2D eigenvalue weighted by Crippen LogP contribution is -1.99. The fourth-order valence-corrected chi connectivity index (χ4v) is 1.36. The number of halogens is 1. The van der Waals surface area contributed by atoms with Gasteiger partial charge in [0.2, 0.25) is 5.78 Å². The van der Waals surface area contributed by atoms with Crippen LogP contribution in [0, 0.1) is 0 Å². The van der Waals surface area contributed by atoms with Crippen molar-refractivity contribution in [3.63, 3.8) is 0 Å². The van der Waals surface area contributed by atoms with Crippen LogP contribution in [0.4, 0.5) is 0 Å². The summed E-state index contributed by atoms with van der Waals surface area (Å²) in [6, 6.07) is 5.06. The van der Waals surface area contributed by atoms with Crippen LogP contribution in [-0.2, 0) is 6.61 Å². The third-order valence-corrected chi connectivity index (χ3v) is 2.24. The molecule has 0 saturated carbocycles. The van der Waals surface area contributed by atoms with Crippen LogP contribution >= 0.6 is 11.6 Å². The maximum atomic E-state index is 11.2. The molecule has 0 amide bonds. The van der Waals surface area contributed by atoms with E-state index in [1.165, 1.54) is 0 Å². The Bertz CT molecular complexity index is 506. The van der Waals surface area contributed by atoms with Gasteiger partial charge in [-0.2, -0.15) is 0 Å². The Morgan fingerprint density at radius 1 is 1.53 bits per heavy atom. The molecule has 15 heavy (non-hydrogen) atoms. The lowest BCUT2D eigenvalue weighted by molar-refractivity contribution is 0.0986. The highest BCUT2D eigenvalue weighted by Gasteiger charge is 2.12. The number of hydrogen-bond donors (Lipinski definition) is 1. The van der Waals surface area contributed by atoms with Crippen molar-refractivity contribution in [3.05, 3.63) is 29.7 Å². The monoisotopic (exact) mass is 225 g/mol. The fraction of sp³-hybridized carbons (Fsp3) is 0.200. The Morgan fingerprint density at radius 3 is 3.00 bits per heavy atom. The van der Waals surface area contributed by atoms with Gasteiger partial charge in [0, 0.05) is 0 Å². The van der Waals surface area contributed by atoms with Gasteiger partial charge in [-0.3, -0.25) is 4.79 Å². The first-order valence-corrected chi connectivity index (χ1v) is 4.87. The molecule has 78 valence electrons. The molecule has 2 rings (SSSR count). The van der Waals surface area contributed by atoms with Crippen LogP contribution in [0.5, 0.6) is 0 Å². The van der Waals surface area contributed by atoms with E-state index >= 15 is 0 Å². The zero-order valence-electron chi connectivity index (χ0n) is 7.74. The Labute approximate surface area is 90.5 Å². The van der Waals surface area contributed by atoms with Gasteiger partial charge in [-0.1, -0.05) is 6.07 Å². The second-order valence-electron chi connectivity index (χ2n) is 3.04. The van der Waals surface area contributed by atoms with E-state index in [0.29, 0.717) is 16.7 Å². The molecule has 1 aromatic carbocycles. The number of aliphatic hydroxyl groups is 1. The van der Waals surface area contributed by atoms with E-state index in [9.17, 15) is 4.79 Å². The number of alkyl halides is 1. The Hall–Kier alpha value is -1.39. The van der Waals surface area contributed by atoms with Crippen molar-refractivity contribution in [1.29, 1.82) is 0 Å². The molecule has 1 aromatic heterocycles. The van der Waals surface area contributed by atoms with Crippen molar-refractivity contribution in [3.8, 4) is 0 Å². The summed E-state index contributed by atoms with van der Waals surface area (Å²) in [6.07, 6.45) is 0. The number of rotatable bonds is 3. The van der Waals surface area contributed by atoms with Crippen LogP contribution in [0.2, 0.25) is 0 Å². The van der Waals surface area contributed by atoms with E-state index < -0.39 is 0 Å². The molecule has 0 spiro atoms. The summed E-state index contributed by atoms with van der Waals surface area (Å²) in [5.41, 5.74) is 1.78. The second kappa shape index (κ2) is 4.00. The number of hydrogen-bond acceptors (Lipinski definition) is 4. The Kier molecular flexibility index (Phi) is 2.70. The molecule has 4 nitrogen and oxygen atoms in total. The molecule has 0 aliphatic rings. The number of Topliss-reactive ketones (excluding diaryl/α,β-unsaturated/α-hetero) is 1. The SMILES string of the molecule is O=C(CCl)c1nc2ccc(CO)cc2o1. The van der Waals surface area contributed by atoms with Crippen LogP contribution in [0.1, 0.15) is 16.2 Å². The highest BCUT2D eigenvalue weighted by atomic mass is 35.5. The highest BCUT2D eigenvalue weighted by Crippen LogP contribution is 2.17. The van der Waals surface area contributed by atoms with Crippen LogP contribution < -0.4 is 0 Å². The molecule has 1 heterocycles. The highest BCUT2D eigenvalue weighted by molar-refractivity contribution is 6.29. The Balaban J connectivity index is 2.51. The van der Waals surface area contributed by atoms with E-state index in [-0.39, 0.29) is 24.2 Å². The van der Waals surface area contributed by atoms with Crippen molar-refractivity contribution < 1.29 is 14.3 Å². The standard InChI is InChI=1S/C10H8ClNO3/c11-4-8(14)10-12-7-2-1-6(5-13)3-9(7)15-10/h1-3,13H,4-5H2. The fourth-order valence-electron chi connectivity index (χ4n) is 1.24.